The third-order valence-electron chi connectivity index (χ3n) is 1.40. The van der Waals surface area contributed by atoms with Crippen LogP contribution in [0.4, 0.5) is 0 Å². The van der Waals surface area contributed by atoms with Gasteiger partial charge in [0.2, 0.25) is 0 Å². The SMILES string of the molecule is Bc1cc(C(C)O)ccn1. The van der Waals surface area contributed by atoms with E-state index < -0.39 is 0 Å². The molecule has 0 aliphatic heterocycles. The topological polar surface area (TPSA) is 33.1 Å². The van der Waals surface area contributed by atoms with Crippen LogP contribution in [0.15, 0.2) is 18.3 Å². The van der Waals surface area contributed by atoms with Gasteiger partial charge in [-0.25, -0.2) is 0 Å². The summed E-state index contributed by atoms with van der Waals surface area (Å²) < 4.78 is 0. The zero-order valence-electron chi connectivity index (χ0n) is 6.20. The lowest BCUT2D eigenvalue weighted by molar-refractivity contribution is 0.199. The molecule has 1 atom stereocenters. The zero-order valence-corrected chi connectivity index (χ0v) is 6.20. The normalized spacial score (nSPS) is 13.0. The Kier molecular flexibility index (Phi) is 2.07. The molecule has 0 fully saturated rings. The molecule has 1 rings (SSSR count). The summed E-state index contributed by atoms with van der Waals surface area (Å²) in [7, 11) is 1.91. The van der Waals surface area contributed by atoms with Gasteiger partial charge in [-0.15, -0.1) is 0 Å². The summed E-state index contributed by atoms with van der Waals surface area (Å²) in [6.45, 7) is 1.74. The number of aliphatic hydroxyl groups is 1. The van der Waals surface area contributed by atoms with E-state index >= 15 is 0 Å². The number of hydrogen-bond donors (Lipinski definition) is 1. The van der Waals surface area contributed by atoms with Crippen LogP contribution in [0, 0.1) is 0 Å². The van der Waals surface area contributed by atoms with E-state index in [0.717, 1.165) is 11.2 Å². The number of aromatic nitrogens is 1. The first-order valence-corrected chi connectivity index (χ1v) is 3.31. The number of pyridine rings is 1. The highest BCUT2D eigenvalue weighted by Gasteiger charge is 1.98. The van der Waals surface area contributed by atoms with Crippen LogP contribution >= 0.6 is 0 Å². The van der Waals surface area contributed by atoms with Crippen molar-refractivity contribution in [2.75, 3.05) is 0 Å². The van der Waals surface area contributed by atoms with Crippen LogP contribution in [0.3, 0.4) is 0 Å². The molecule has 0 radical (unpaired) electrons. The van der Waals surface area contributed by atoms with E-state index in [9.17, 15) is 0 Å². The van der Waals surface area contributed by atoms with E-state index in [2.05, 4.69) is 4.98 Å². The van der Waals surface area contributed by atoms with Crippen molar-refractivity contribution in [2.45, 2.75) is 13.0 Å². The Morgan fingerprint density at radius 1 is 1.70 bits per heavy atom. The van der Waals surface area contributed by atoms with Gasteiger partial charge >= 0.3 is 0 Å². The molecule has 52 valence electrons. The standard InChI is InChI=1S/C7H10BNO/c1-5(10)6-2-3-9-7(8)4-6/h2-5,10H,8H2,1H3. The highest BCUT2D eigenvalue weighted by Crippen LogP contribution is 2.07. The Morgan fingerprint density at radius 3 is 2.80 bits per heavy atom. The van der Waals surface area contributed by atoms with Gasteiger partial charge in [0.15, 0.2) is 7.85 Å². The summed E-state index contributed by atoms with van der Waals surface area (Å²) in [5.74, 6) is 0. The van der Waals surface area contributed by atoms with Crippen molar-refractivity contribution in [3.05, 3.63) is 23.9 Å². The minimum absolute atomic E-state index is 0.387. The molecule has 3 heteroatoms. The third-order valence-corrected chi connectivity index (χ3v) is 1.40. The highest BCUT2D eigenvalue weighted by molar-refractivity contribution is 6.30. The number of nitrogens with zero attached hydrogens (tertiary/aromatic N) is 1. The van der Waals surface area contributed by atoms with E-state index in [1.807, 2.05) is 20.0 Å². The molecular weight excluding hydrogens is 125 g/mol. The van der Waals surface area contributed by atoms with Gasteiger partial charge in [-0.1, -0.05) is 0 Å². The van der Waals surface area contributed by atoms with E-state index in [-0.39, 0.29) is 6.10 Å². The Hall–Kier alpha value is -0.825. The van der Waals surface area contributed by atoms with Crippen LogP contribution in [0.25, 0.3) is 0 Å². The van der Waals surface area contributed by atoms with E-state index in [1.165, 1.54) is 0 Å². The molecule has 2 nitrogen and oxygen atoms in total. The van der Waals surface area contributed by atoms with Crippen molar-refractivity contribution in [3.63, 3.8) is 0 Å². The van der Waals surface area contributed by atoms with Gasteiger partial charge in [0.25, 0.3) is 0 Å². The lowest BCUT2D eigenvalue weighted by Crippen LogP contribution is -2.08. The Morgan fingerprint density at radius 2 is 2.40 bits per heavy atom. The number of aliphatic hydroxyl groups excluding tert-OH is 1. The summed E-state index contributed by atoms with van der Waals surface area (Å²) in [5, 5.41) is 9.12. The molecule has 0 aromatic carbocycles. The second-order valence-corrected chi connectivity index (χ2v) is 2.41. The Labute approximate surface area is 61.3 Å². The second kappa shape index (κ2) is 2.84. The molecule has 10 heavy (non-hydrogen) atoms. The molecule has 0 amide bonds. The quantitative estimate of drug-likeness (QED) is 0.521. The lowest BCUT2D eigenvalue weighted by Gasteiger charge is -2.03. The first kappa shape index (κ1) is 7.28. The van der Waals surface area contributed by atoms with Crippen LogP contribution in [0.1, 0.15) is 18.6 Å². The van der Waals surface area contributed by atoms with Crippen molar-refractivity contribution in [3.8, 4) is 0 Å². The van der Waals surface area contributed by atoms with Crippen LogP contribution in [0.5, 0.6) is 0 Å². The highest BCUT2D eigenvalue weighted by atomic mass is 16.3. The third kappa shape index (κ3) is 1.58. The van der Waals surface area contributed by atoms with E-state index in [4.69, 9.17) is 5.11 Å². The van der Waals surface area contributed by atoms with Gasteiger partial charge in [-0.2, -0.15) is 0 Å². The predicted octanol–water partition coefficient (Wildman–Crippen LogP) is -0.607. The Bertz CT molecular complexity index is 225. The summed E-state index contributed by atoms with van der Waals surface area (Å²) in [4.78, 5) is 4.01. The molecule has 0 bridgehead atoms. The minimum atomic E-state index is -0.387. The first-order chi connectivity index (χ1) is 4.70. The second-order valence-electron chi connectivity index (χ2n) is 2.41. The lowest BCUT2D eigenvalue weighted by atomic mass is 10.0. The van der Waals surface area contributed by atoms with Crippen molar-refractivity contribution in [1.29, 1.82) is 0 Å². The summed E-state index contributed by atoms with van der Waals surface area (Å²) in [5.41, 5.74) is 1.87. The molecule has 0 aliphatic rings. The Balaban J connectivity index is 2.96. The average Bonchev–Trinajstić information content (AvgIpc) is 1.88. The number of rotatable bonds is 1. The van der Waals surface area contributed by atoms with Gasteiger partial charge < -0.3 is 5.11 Å². The van der Waals surface area contributed by atoms with E-state index in [1.54, 1.807) is 13.1 Å². The minimum Gasteiger partial charge on any atom is -0.389 e. The van der Waals surface area contributed by atoms with Gasteiger partial charge in [0, 0.05) is 6.20 Å². The first-order valence-electron chi connectivity index (χ1n) is 3.31. The summed E-state index contributed by atoms with van der Waals surface area (Å²) in [6.07, 6.45) is 1.32. The molecule has 0 spiro atoms. The predicted molar refractivity (Wildman–Crippen MR) is 43.0 cm³/mol. The van der Waals surface area contributed by atoms with Gasteiger partial charge in [-0.3, -0.25) is 4.98 Å². The molecular formula is C7H10BNO. The molecule has 1 heterocycles. The van der Waals surface area contributed by atoms with Crippen LogP contribution in [-0.2, 0) is 0 Å². The maximum atomic E-state index is 9.12. The maximum Gasteiger partial charge on any atom is 0.163 e. The fourth-order valence-electron chi connectivity index (χ4n) is 0.827. The molecule has 1 aromatic rings. The van der Waals surface area contributed by atoms with Crippen LogP contribution in [-0.4, -0.2) is 17.9 Å². The monoisotopic (exact) mass is 135 g/mol. The van der Waals surface area contributed by atoms with Gasteiger partial charge in [0.05, 0.1) is 6.10 Å². The van der Waals surface area contributed by atoms with Crippen molar-refractivity contribution >= 4 is 13.4 Å². The molecule has 0 saturated carbocycles. The zero-order chi connectivity index (χ0) is 7.56. The van der Waals surface area contributed by atoms with Crippen LogP contribution < -0.4 is 5.59 Å². The van der Waals surface area contributed by atoms with E-state index in [0.29, 0.717) is 0 Å². The molecule has 0 aliphatic carbocycles. The summed E-state index contributed by atoms with van der Waals surface area (Å²) in [6, 6.07) is 3.70. The fourth-order valence-corrected chi connectivity index (χ4v) is 0.827. The van der Waals surface area contributed by atoms with Gasteiger partial charge in [0.1, 0.15) is 0 Å². The molecule has 1 N–H and O–H groups in total. The molecule has 1 aromatic heterocycles. The molecule has 1 unspecified atom stereocenters. The summed E-state index contributed by atoms with van der Waals surface area (Å²) >= 11 is 0. The van der Waals surface area contributed by atoms with Gasteiger partial charge in [-0.05, 0) is 30.2 Å². The molecule has 0 saturated heterocycles. The fraction of sp³-hybridized carbons (Fsp3) is 0.286. The van der Waals surface area contributed by atoms with Crippen molar-refractivity contribution < 1.29 is 5.11 Å². The number of hydrogen-bond acceptors (Lipinski definition) is 2. The van der Waals surface area contributed by atoms with Crippen molar-refractivity contribution in [2.24, 2.45) is 0 Å². The largest absolute Gasteiger partial charge is 0.389 e. The average molecular weight is 135 g/mol. The van der Waals surface area contributed by atoms with Crippen molar-refractivity contribution in [1.82, 2.24) is 4.98 Å². The smallest absolute Gasteiger partial charge is 0.163 e. The van der Waals surface area contributed by atoms with Crippen LogP contribution in [0.2, 0.25) is 0 Å². The maximum absolute atomic E-state index is 9.12.